The first kappa shape index (κ1) is 11.8. The summed E-state index contributed by atoms with van der Waals surface area (Å²) >= 11 is 0. The van der Waals surface area contributed by atoms with Crippen LogP contribution < -0.4 is 5.73 Å². The Hall–Kier alpha value is -1.68. The topological polar surface area (TPSA) is 46.2 Å². The lowest BCUT2D eigenvalue weighted by Gasteiger charge is -2.12. The van der Waals surface area contributed by atoms with E-state index in [1.165, 1.54) is 0 Å². The lowest BCUT2D eigenvalue weighted by atomic mass is 10.0. The van der Waals surface area contributed by atoms with Crippen LogP contribution in [0.2, 0.25) is 0 Å². The quantitative estimate of drug-likeness (QED) is 0.861. The summed E-state index contributed by atoms with van der Waals surface area (Å²) in [5, 5.41) is 11.0. The standard InChI is InChI=1S/C13H13F2NO/c14-13(15)7-12(16)10-2-1-9-6-11(17)4-3-8(9)5-10/h1-6,12-13,17H,7,16H2/t12-/m1/s1. The molecule has 1 atom stereocenters. The summed E-state index contributed by atoms with van der Waals surface area (Å²) < 4.78 is 24.4. The van der Waals surface area contributed by atoms with Gasteiger partial charge in [0.05, 0.1) is 0 Å². The van der Waals surface area contributed by atoms with Crippen molar-refractivity contribution < 1.29 is 13.9 Å². The molecule has 0 saturated heterocycles. The molecular formula is C13H13F2NO. The van der Waals surface area contributed by atoms with Crippen LogP contribution in [0.25, 0.3) is 10.8 Å². The van der Waals surface area contributed by atoms with E-state index in [1.807, 2.05) is 0 Å². The van der Waals surface area contributed by atoms with Crippen molar-refractivity contribution >= 4 is 10.8 Å². The second-order valence-corrected chi connectivity index (χ2v) is 4.02. The molecule has 0 amide bonds. The summed E-state index contributed by atoms with van der Waals surface area (Å²) in [5.74, 6) is 0.183. The van der Waals surface area contributed by atoms with E-state index in [0.29, 0.717) is 5.56 Å². The van der Waals surface area contributed by atoms with E-state index in [1.54, 1.807) is 36.4 Å². The number of benzene rings is 2. The molecule has 0 bridgehead atoms. The van der Waals surface area contributed by atoms with Gasteiger partial charge in [0.15, 0.2) is 0 Å². The molecule has 17 heavy (non-hydrogen) atoms. The number of hydrogen-bond acceptors (Lipinski definition) is 2. The first-order chi connectivity index (χ1) is 8.06. The molecule has 0 unspecified atom stereocenters. The molecule has 0 heterocycles. The van der Waals surface area contributed by atoms with Gasteiger partial charge in [-0.2, -0.15) is 0 Å². The molecule has 0 aliphatic heterocycles. The molecule has 0 aromatic heterocycles. The third-order valence-corrected chi connectivity index (χ3v) is 2.71. The van der Waals surface area contributed by atoms with Crippen LogP contribution in [0.15, 0.2) is 36.4 Å². The van der Waals surface area contributed by atoms with Gasteiger partial charge in [-0.1, -0.05) is 18.2 Å². The Bertz CT molecular complexity index is 528. The molecule has 2 rings (SSSR count). The van der Waals surface area contributed by atoms with Gasteiger partial charge < -0.3 is 10.8 Å². The second-order valence-electron chi connectivity index (χ2n) is 4.02. The predicted molar refractivity (Wildman–Crippen MR) is 63.2 cm³/mol. The van der Waals surface area contributed by atoms with Gasteiger partial charge in [-0.15, -0.1) is 0 Å². The summed E-state index contributed by atoms with van der Waals surface area (Å²) in [5.41, 5.74) is 6.37. The molecule has 90 valence electrons. The predicted octanol–water partition coefficient (Wildman–Crippen LogP) is 3.20. The lowest BCUT2D eigenvalue weighted by molar-refractivity contribution is 0.128. The van der Waals surface area contributed by atoms with E-state index >= 15 is 0 Å². The van der Waals surface area contributed by atoms with E-state index in [2.05, 4.69) is 0 Å². The Labute approximate surface area is 97.7 Å². The molecule has 0 aliphatic carbocycles. The Morgan fingerprint density at radius 2 is 1.71 bits per heavy atom. The maximum absolute atomic E-state index is 12.2. The number of aromatic hydroxyl groups is 1. The molecule has 3 N–H and O–H groups in total. The maximum Gasteiger partial charge on any atom is 0.240 e. The van der Waals surface area contributed by atoms with Gasteiger partial charge >= 0.3 is 0 Å². The van der Waals surface area contributed by atoms with E-state index in [9.17, 15) is 13.9 Å². The normalized spacial score (nSPS) is 13.2. The smallest absolute Gasteiger partial charge is 0.240 e. The number of alkyl halides is 2. The molecule has 2 nitrogen and oxygen atoms in total. The van der Waals surface area contributed by atoms with Gasteiger partial charge in [-0.3, -0.25) is 0 Å². The van der Waals surface area contributed by atoms with Crippen molar-refractivity contribution in [1.82, 2.24) is 0 Å². The van der Waals surface area contributed by atoms with Gasteiger partial charge in [0, 0.05) is 12.5 Å². The van der Waals surface area contributed by atoms with Crippen LogP contribution in [0.5, 0.6) is 5.75 Å². The van der Waals surface area contributed by atoms with Crippen molar-refractivity contribution in [2.75, 3.05) is 0 Å². The molecule has 0 spiro atoms. The van der Waals surface area contributed by atoms with Crippen LogP contribution in [0.3, 0.4) is 0 Å². The molecule has 2 aromatic carbocycles. The zero-order valence-electron chi connectivity index (χ0n) is 9.11. The Morgan fingerprint density at radius 3 is 2.41 bits per heavy atom. The highest BCUT2D eigenvalue weighted by atomic mass is 19.3. The maximum atomic E-state index is 12.2. The summed E-state index contributed by atoms with van der Waals surface area (Å²) in [6.45, 7) is 0. The number of phenolic OH excluding ortho intramolecular Hbond substituents is 1. The van der Waals surface area contributed by atoms with Crippen LogP contribution in [-0.2, 0) is 0 Å². The zero-order chi connectivity index (χ0) is 12.4. The highest BCUT2D eigenvalue weighted by Gasteiger charge is 2.13. The summed E-state index contributed by atoms with van der Waals surface area (Å²) in [4.78, 5) is 0. The third-order valence-electron chi connectivity index (χ3n) is 2.71. The van der Waals surface area contributed by atoms with Crippen molar-refractivity contribution in [2.24, 2.45) is 5.73 Å². The SMILES string of the molecule is N[C@H](CC(F)F)c1ccc2cc(O)ccc2c1. The zero-order valence-corrected chi connectivity index (χ0v) is 9.11. The molecule has 0 saturated carbocycles. The van der Waals surface area contributed by atoms with E-state index in [-0.39, 0.29) is 12.2 Å². The number of phenols is 1. The Balaban J connectivity index is 2.34. The van der Waals surface area contributed by atoms with Crippen LogP contribution in [0, 0.1) is 0 Å². The van der Waals surface area contributed by atoms with Crippen LogP contribution in [0.1, 0.15) is 18.0 Å². The Morgan fingerprint density at radius 1 is 1.06 bits per heavy atom. The molecule has 0 radical (unpaired) electrons. The van der Waals surface area contributed by atoms with Crippen molar-refractivity contribution in [1.29, 1.82) is 0 Å². The summed E-state index contributed by atoms with van der Waals surface area (Å²) in [7, 11) is 0. The molecule has 0 aliphatic rings. The largest absolute Gasteiger partial charge is 0.508 e. The molecular weight excluding hydrogens is 224 g/mol. The van der Waals surface area contributed by atoms with Gasteiger partial charge in [-0.25, -0.2) is 8.78 Å². The lowest BCUT2D eigenvalue weighted by Crippen LogP contribution is -2.13. The van der Waals surface area contributed by atoms with Crippen molar-refractivity contribution in [3.05, 3.63) is 42.0 Å². The highest BCUT2D eigenvalue weighted by molar-refractivity contribution is 5.84. The molecule has 4 heteroatoms. The van der Waals surface area contributed by atoms with Crippen molar-refractivity contribution in [2.45, 2.75) is 18.9 Å². The van der Waals surface area contributed by atoms with E-state index in [4.69, 9.17) is 5.73 Å². The van der Waals surface area contributed by atoms with Crippen LogP contribution >= 0.6 is 0 Å². The second kappa shape index (κ2) is 4.67. The van der Waals surface area contributed by atoms with Gasteiger partial charge in [0.1, 0.15) is 5.75 Å². The van der Waals surface area contributed by atoms with Gasteiger partial charge in [0.2, 0.25) is 6.43 Å². The van der Waals surface area contributed by atoms with Crippen LogP contribution in [0.4, 0.5) is 8.78 Å². The number of rotatable bonds is 3. The van der Waals surface area contributed by atoms with Gasteiger partial charge in [-0.05, 0) is 34.5 Å². The van der Waals surface area contributed by atoms with Gasteiger partial charge in [0.25, 0.3) is 0 Å². The van der Waals surface area contributed by atoms with Crippen LogP contribution in [-0.4, -0.2) is 11.5 Å². The Kier molecular flexibility index (Phi) is 3.24. The molecule has 2 aromatic rings. The number of fused-ring (bicyclic) bond motifs is 1. The minimum atomic E-state index is -2.40. The number of hydrogen-bond donors (Lipinski definition) is 2. The first-order valence-corrected chi connectivity index (χ1v) is 5.32. The fourth-order valence-electron chi connectivity index (χ4n) is 1.81. The van der Waals surface area contributed by atoms with E-state index < -0.39 is 12.5 Å². The highest BCUT2D eigenvalue weighted by Crippen LogP contribution is 2.25. The monoisotopic (exact) mass is 237 g/mol. The molecule has 0 fully saturated rings. The van der Waals surface area contributed by atoms with E-state index in [0.717, 1.165) is 10.8 Å². The number of halogens is 2. The fourth-order valence-corrected chi connectivity index (χ4v) is 1.81. The first-order valence-electron chi connectivity index (χ1n) is 5.32. The summed E-state index contributed by atoms with van der Waals surface area (Å²) in [6.07, 6.45) is -2.75. The number of nitrogens with two attached hydrogens (primary N) is 1. The third kappa shape index (κ3) is 2.71. The average Bonchev–Trinajstić information content (AvgIpc) is 2.27. The minimum Gasteiger partial charge on any atom is -0.508 e. The van der Waals surface area contributed by atoms with Crippen molar-refractivity contribution in [3.8, 4) is 5.75 Å². The fraction of sp³-hybridized carbons (Fsp3) is 0.231. The average molecular weight is 237 g/mol. The minimum absolute atomic E-state index is 0.183. The summed E-state index contributed by atoms with van der Waals surface area (Å²) in [6, 6.07) is 9.53. The van der Waals surface area contributed by atoms with Crippen molar-refractivity contribution in [3.63, 3.8) is 0 Å².